The first kappa shape index (κ1) is 16.1. The highest BCUT2D eigenvalue weighted by atomic mass is 16.4. The summed E-state index contributed by atoms with van der Waals surface area (Å²) in [6, 6.07) is 5.04. The molecule has 0 atom stereocenters. The van der Waals surface area contributed by atoms with Crippen LogP contribution in [0, 0.1) is 0 Å². The Morgan fingerprint density at radius 1 is 1.22 bits per heavy atom. The number of aryl methyl sites for hydroxylation is 1. The van der Waals surface area contributed by atoms with E-state index in [1.165, 1.54) is 24.2 Å². The van der Waals surface area contributed by atoms with Crippen LogP contribution in [0.3, 0.4) is 0 Å². The van der Waals surface area contributed by atoms with Gasteiger partial charge >= 0.3 is 5.63 Å². The molecular weight excluding hydrogens is 290 g/mol. The van der Waals surface area contributed by atoms with Crippen LogP contribution >= 0.6 is 0 Å². The molecule has 4 nitrogen and oxygen atoms in total. The van der Waals surface area contributed by atoms with Gasteiger partial charge in [0, 0.05) is 17.0 Å². The van der Waals surface area contributed by atoms with Crippen molar-refractivity contribution < 1.29 is 14.4 Å². The Hall–Kier alpha value is -1.81. The quantitative estimate of drug-likeness (QED) is 0.856. The molecule has 1 aliphatic heterocycles. The third kappa shape index (κ3) is 3.58. The highest BCUT2D eigenvalue weighted by Crippen LogP contribution is 2.27. The predicted octanol–water partition coefficient (Wildman–Crippen LogP) is 1.78. The van der Waals surface area contributed by atoms with Crippen molar-refractivity contribution >= 4 is 11.0 Å². The van der Waals surface area contributed by atoms with Gasteiger partial charge in [0.05, 0.1) is 13.1 Å². The molecule has 23 heavy (non-hydrogen) atoms. The Balaban J connectivity index is 2.03. The van der Waals surface area contributed by atoms with Crippen LogP contribution in [-0.2, 0) is 13.0 Å². The summed E-state index contributed by atoms with van der Waals surface area (Å²) >= 11 is 0. The maximum Gasteiger partial charge on any atom is 0.336 e. The van der Waals surface area contributed by atoms with E-state index in [4.69, 9.17) is 4.42 Å². The molecule has 0 unspecified atom stereocenters. The van der Waals surface area contributed by atoms with E-state index < -0.39 is 0 Å². The zero-order valence-electron chi connectivity index (χ0n) is 13.8. The lowest BCUT2D eigenvalue weighted by molar-refractivity contribution is -0.918. The van der Waals surface area contributed by atoms with Crippen LogP contribution in [0.1, 0.15) is 50.2 Å². The summed E-state index contributed by atoms with van der Waals surface area (Å²) in [5, 5.41) is 13.3. The summed E-state index contributed by atoms with van der Waals surface area (Å²) in [7, 11) is 0. The summed E-state index contributed by atoms with van der Waals surface area (Å²) in [4.78, 5) is 13.4. The average Bonchev–Trinajstić information content (AvgIpc) is 2.56. The van der Waals surface area contributed by atoms with Gasteiger partial charge in [0.2, 0.25) is 0 Å². The fourth-order valence-corrected chi connectivity index (χ4v) is 3.55. The van der Waals surface area contributed by atoms with Crippen molar-refractivity contribution in [3.05, 3.63) is 39.7 Å². The molecule has 1 aliphatic rings. The Labute approximate surface area is 136 Å². The van der Waals surface area contributed by atoms with E-state index in [0.717, 1.165) is 43.3 Å². The number of fused-ring (bicyclic) bond motifs is 1. The van der Waals surface area contributed by atoms with Gasteiger partial charge in [0.25, 0.3) is 0 Å². The van der Waals surface area contributed by atoms with E-state index in [9.17, 15) is 9.90 Å². The Morgan fingerprint density at radius 2 is 2.00 bits per heavy atom. The van der Waals surface area contributed by atoms with Gasteiger partial charge in [-0.25, -0.2) is 4.79 Å². The van der Waals surface area contributed by atoms with Crippen LogP contribution in [-0.4, -0.2) is 13.1 Å². The van der Waals surface area contributed by atoms with E-state index in [-0.39, 0.29) is 11.4 Å². The zero-order valence-corrected chi connectivity index (χ0v) is 13.8. The molecule has 2 heterocycles. The third-order valence-electron chi connectivity index (χ3n) is 4.85. The number of nitrogens with one attached hydrogen (secondary N) is 1. The monoisotopic (exact) mass is 315 g/mol. The molecule has 1 aromatic carbocycles. The molecule has 0 spiro atoms. The first-order chi connectivity index (χ1) is 11.2. The van der Waals surface area contributed by atoms with E-state index in [0.29, 0.717) is 17.7 Å². The second-order valence-electron chi connectivity index (χ2n) is 6.60. The Bertz CT molecular complexity index is 729. The largest absolute Gasteiger partial charge is 0.872 e. The van der Waals surface area contributed by atoms with Crippen LogP contribution in [0.4, 0.5) is 0 Å². The third-order valence-corrected chi connectivity index (χ3v) is 4.85. The number of piperidine rings is 1. The molecule has 1 fully saturated rings. The molecule has 4 heteroatoms. The number of benzene rings is 1. The minimum absolute atomic E-state index is 0.00800. The SMILES string of the molecule is CCCCc1cc(=O)oc2c(C[NH+]3CCCCC3)c([O-])ccc12. The fraction of sp³-hybridized carbons (Fsp3) is 0.526. The van der Waals surface area contributed by atoms with Crippen LogP contribution < -0.4 is 15.6 Å². The predicted molar refractivity (Wildman–Crippen MR) is 88.8 cm³/mol. The molecule has 1 saturated heterocycles. The normalized spacial score (nSPS) is 16.0. The smallest absolute Gasteiger partial charge is 0.336 e. The second kappa shape index (κ2) is 7.18. The van der Waals surface area contributed by atoms with Gasteiger partial charge in [-0.3, -0.25) is 0 Å². The number of rotatable bonds is 5. The van der Waals surface area contributed by atoms with Crippen LogP contribution in [0.25, 0.3) is 11.0 Å². The molecule has 0 saturated carbocycles. The molecule has 0 radical (unpaired) electrons. The number of unbranched alkanes of at least 4 members (excludes halogenated alkanes) is 1. The Kier molecular flexibility index (Phi) is 5.01. The Morgan fingerprint density at radius 3 is 2.74 bits per heavy atom. The van der Waals surface area contributed by atoms with E-state index in [1.807, 2.05) is 6.07 Å². The van der Waals surface area contributed by atoms with E-state index in [2.05, 4.69) is 6.92 Å². The molecular formula is C19H25NO3. The van der Waals surface area contributed by atoms with Gasteiger partial charge in [-0.2, -0.15) is 0 Å². The first-order valence-corrected chi connectivity index (χ1v) is 8.78. The van der Waals surface area contributed by atoms with Crippen molar-refractivity contribution in [2.45, 2.75) is 52.0 Å². The molecule has 0 bridgehead atoms. The zero-order chi connectivity index (χ0) is 16.2. The number of hydrogen-bond acceptors (Lipinski definition) is 3. The standard InChI is InChI=1S/C19H25NO3/c1-2-3-7-14-12-18(22)23-19-15(14)8-9-17(21)16(19)13-20-10-5-4-6-11-20/h8-9,12,21H,2-7,10-11,13H2,1H3. The highest BCUT2D eigenvalue weighted by molar-refractivity contribution is 5.84. The lowest BCUT2D eigenvalue weighted by atomic mass is 10.0. The average molecular weight is 315 g/mol. The molecule has 3 rings (SSSR count). The molecule has 2 aromatic rings. The van der Waals surface area contributed by atoms with Gasteiger partial charge in [-0.1, -0.05) is 31.2 Å². The van der Waals surface area contributed by atoms with Gasteiger partial charge in [-0.15, -0.1) is 0 Å². The molecule has 0 aliphatic carbocycles. The minimum Gasteiger partial charge on any atom is -0.872 e. The summed E-state index contributed by atoms with van der Waals surface area (Å²) in [5.74, 6) is -0.00800. The van der Waals surface area contributed by atoms with Crippen molar-refractivity contribution in [1.29, 1.82) is 0 Å². The molecule has 1 N–H and O–H groups in total. The van der Waals surface area contributed by atoms with Gasteiger partial charge in [0.15, 0.2) is 0 Å². The van der Waals surface area contributed by atoms with Gasteiger partial charge in [-0.05, 0) is 37.7 Å². The maximum absolute atomic E-state index is 12.4. The van der Waals surface area contributed by atoms with Crippen LogP contribution in [0.15, 0.2) is 27.4 Å². The lowest BCUT2D eigenvalue weighted by Gasteiger charge is -2.26. The minimum atomic E-state index is -0.343. The summed E-state index contributed by atoms with van der Waals surface area (Å²) in [6.45, 7) is 4.98. The van der Waals surface area contributed by atoms with Crippen LogP contribution in [0.5, 0.6) is 5.75 Å². The second-order valence-corrected chi connectivity index (χ2v) is 6.60. The molecule has 1 aromatic heterocycles. The first-order valence-electron chi connectivity index (χ1n) is 8.78. The summed E-state index contributed by atoms with van der Waals surface area (Å²) in [6.07, 6.45) is 6.66. The van der Waals surface area contributed by atoms with Gasteiger partial charge < -0.3 is 14.4 Å². The van der Waals surface area contributed by atoms with Crippen LogP contribution in [0.2, 0.25) is 0 Å². The van der Waals surface area contributed by atoms with Crippen molar-refractivity contribution in [2.24, 2.45) is 0 Å². The number of quaternary nitrogens is 1. The molecule has 0 amide bonds. The fourth-order valence-electron chi connectivity index (χ4n) is 3.55. The molecule has 124 valence electrons. The van der Waals surface area contributed by atoms with Crippen molar-refractivity contribution in [3.8, 4) is 5.75 Å². The van der Waals surface area contributed by atoms with E-state index in [1.54, 1.807) is 12.1 Å². The topological polar surface area (TPSA) is 57.7 Å². The van der Waals surface area contributed by atoms with Crippen molar-refractivity contribution in [2.75, 3.05) is 13.1 Å². The van der Waals surface area contributed by atoms with Crippen molar-refractivity contribution in [1.82, 2.24) is 0 Å². The van der Waals surface area contributed by atoms with Gasteiger partial charge in [0.1, 0.15) is 12.1 Å². The van der Waals surface area contributed by atoms with Crippen molar-refractivity contribution in [3.63, 3.8) is 0 Å². The van der Waals surface area contributed by atoms with E-state index >= 15 is 0 Å². The number of likely N-dealkylation sites (tertiary alicyclic amines) is 1. The maximum atomic E-state index is 12.4. The summed E-state index contributed by atoms with van der Waals surface area (Å²) in [5.41, 5.74) is 1.86. The lowest BCUT2D eigenvalue weighted by Crippen LogP contribution is -3.11. The highest BCUT2D eigenvalue weighted by Gasteiger charge is 2.18. The number of hydrogen-bond donors (Lipinski definition) is 1. The summed E-state index contributed by atoms with van der Waals surface area (Å²) < 4.78 is 5.47.